The number of aliphatic hydroxyl groups excluding tert-OH is 1. The molecule has 1 rings (SSSR count). The molecule has 0 aliphatic rings. The van der Waals surface area contributed by atoms with E-state index < -0.39 is 12.2 Å². The predicted molar refractivity (Wildman–Crippen MR) is 100 cm³/mol. The fourth-order valence-electron chi connectivity index (χ4n) is 2.16. The molecule has 0 aliphatic carbocycles. The average Bonchev–Trinajstić information content (AvgIpc) is 2.61. The van der Waals surface area contributed by atoms with Crippen LogP contribution in [0.1, 0.15) is 46.0 Å². The fourth-order valence-corrected chi connectivity index (χ4v) is 2.16. The van der Waals surface area contributed by atoms with Crippen molar-refractivity contribution >= 4 is 11.8 Å². The molecule has 1 unspecified atom stereocenters. The Morgan fingerprint density at radius 3 is 2.76 bits per heavy atom. The van der Waals surface area contributed by atoms with Crippen LogP contribution in [0.3, 0.4) is 0 Å². The Bertz CT molecular complexity index is 482. The van der Waals surface area contributed by atoms with Gasteiger partial charge in [0, 0.05) is 18.3 Å². The van der Waals surface area contributed by atoms with E-state index in [0.29, 0.717) is 24.6 Å². The lowest BCUT2D eigenvalue weighted by Gasteiger charge is -2.13. The van der Waals surface area contributed by atoms with Gasteiger partial charge in [0.1, 0.15) is 18.5 Å². The number of amides is 1. The topological polar surface area (TPSA) is 79.8 Å². The standard InChI is InChI=1S/C19H32N2O4/c1-3-5-7-12-24-18-10-8-9-16(13-18)21-19(23)25-15-17(22)14-20-11-6-4-2/h8-10,13,17,20,22H,3-7,11-12,14-15H2,1-2H3,(H,21,23). The maximum atomic E-state index is 11.8. The number of anilines is 1. The van der Waals surface area contributed by atoms with Crippen LogP contribution in [0.15, 0.2) is 24.3 Å². The van der Waals surface area contributed by atoms with Gasteiger partial charge in [-0.05, 0) is 31.5 Å². The number of aliphatic hydroxyl groups is 1. The Hall–Kier alpha value is -1.79. The van der Waals surface area contributed by atoms with Crippen molar-refractivity contribution in [3.8, 4) is 5.75 Å². The van der Waals surface area contributed by atoms with Gasteiger partial charge in [-0.3, -0.25) is 5.32 Å². The summed E-state index contributed by atoms with van der Waals surface area (Å²) in [4.78, 5) is 11.8. The first-order chi connectivity index (χ1) is 12.2. The number of unbranched alkanes of at least 4 members (excludes halogenated alkanes) is 3. The van der Waals surface area contributed by atoms with Gasteiger partial charge in [0.25, 0.3) is 0 Å². The summed E-state index contributed by atoms with van der Waals surface area (Å²) in [5.74, 6) is 0.717. The minimum absolute atomic E-state index is 0.0435. The molecule has 0 bridgehead atoms. The Morgan fingerprint density at radius 2 is 2.00 bits per heavy atom. The van der Waals surface area contributed by atoms with Gasteiger partial charge in [-0.1, -0.05) is 39.2 Å². The largest absolute Gasteiger partial charge is 0.494 e. The van der Waals surface area contributed by atoms with Crippen LogP contribution in [0.2, 0.25) is 0 Å². The molecular formula is C19H32N2O4. The number of rotatable bonds is 13. The quantitative estimate of drug-likeness (QED) is 0.473. The van der Waals surface area contributed by atoms with Crippen molar-refractivity contribution < 1.29 is 19.4 Å². The Kier molecular flexibility index (Phi) is 11.5. The minimum Gasteiger partial charge on any atom is -0.494 e. The van der Waals surface area contributed by atoms with Crippen LogP contribution in [0.25, 0.3) is 0 Å². The predicted octanol–water partition coefficient (Wildman–Crippen LogP) is 3.55. The third-order valence-corrected chi connectivity index (χ3v) is 3.59. The van der Waals surface area contributed by atoms with Crippen LogP contribution in [0.4, 0.5) is 10.5 Å². The number of hydrogen-bond donors (Lipinski definition) is 3. The molecule has 0 heterocycles. The van der Waals surface area contributed by atoms with E-state index in [4.69, 9.17) is 9.47 Å². The molecule has 6 nitrogen and oxygen atoms in total. The molecule has 0 aromatic heterocycles. The Labute approximate surface area is 150 Å². The highest BCUT2D eigenvalue weighted by Crippen LogP contribution is 2.18. The van der Waals surface area contributed by atoms with E-state index >= 15 is 0 Å². The van der Waals surface area contributed by atoms with Crippen molar-refractivity contribution in [3.05, 3.63) is 24.3 Å². The van der Waals surface area contributed by atoms with Crippen LogP contribution in [0, 0.1) is 0 Å². The molecule has 1 aromatic rings. The van der Waals surface area contributed by atoms with E-state index in [1.165, 1.54) is 0 Å². The van der Waals surface area contributed by atoms with Gasteiger partial charge in [0.15, 0.2) is 0 Å². The van der Waals surface area contributed by atoms with Gasteiger partial charge in [0.2, 0.25) is 0 Å². The molecule has 0 saturated heterocycles. The maximum absolute atomic E-state index is 11.8. The first-order valence-corrected chi connectivity index (χ1v) is 9.21. The third-order valence-electron chi connectivity index (χ3n) is 3.59. The van der Waals surface area contributed by atoms with E-state index in [1.54, 1.807) is 12.1 Å². The molecule has 0 radical (unpaired) electrons. The van der Waals surface area contributed by atoms with Crippen molar-refractivity contribution in [2.75, 3.05) is 31.6 Å². The lowest BCUT2D eigenvalue weighted by molar-refractivity contribution is 0.0750. The number of benzene rings is 1. The SMILES string of the molecule is CCCCCOc1cccc(NC(=O)OCC(O)CNCCCC)c1. The molecule has 3 N–H and O–H groups in total. The summed E-state index contributed by atoms with van der Waals surface area (Å²) in [5.41, 5.74) is 0.605. The third kappa shape index (κ3) is 10.6. The summed E-state index contributed by atoms with van der Waals surface area (Å²) >= 11 is 0. The van der Waals surface area contributed by atoms with Crippen LogP contribution < -0.4 is 15.4 Å². The van der Waals surface area contributed by atoms with Gasteiger partial charge in [-0.25, -0.2) is 4.79 Å². The fraction of sp³-hybridized carbons (Fsp3) is 0.632. The number of ether oxygens (including phenoxy) is 2. The molecule has 0 fully saturated rings. The first-order valence-electron chi connectivity index (χ1n) is 9.21. The van der Waals surface area contributed by atoms with Gasteiger partial charge in [0.05, 0.1) is 6.61 Å². The van der Waals surface area contributed by atoms with Gasteiger partial charge in [-0.15, -0.1) is 0 Å². The number of nitrogens with one attached hydrogen (secondary N) is 2. The molecule has 1 amide bonds. The van der Waals surface area contributed by atoms with Crippen LogP contribution in [-0.4, -0.2) is 43.6 Å². The molecule has 0 spiro atoms. The smallest absolute Gasteiger partial charge is 0.411 e. The summed E-state index contributed by atoms with van der Waals surface area (Å²) in [6, 6.07) is 7.20. The number of carbonyl (C=O) groups excluding carboxylic acids is 1. The zero-order chi connectivity index (χ0) is 18.3. The maximum Gasteiger partial charge on any atom is 0.411 e. The summed E-state index contributed by atoms with van der Waals surface area (Å²) in [7, 11) is 0. The van der Waals surface area contributed by atoms with Gasteiger partial charge >= 0.3 is 6.09 Å². The highest BCUT2D eigenvalue weighted by Gasteiger charge is 2.09. The Balaban J connectivity index is 2.27. The monoisotopic (exact) mass is 352 g/mol. The van der Waals surface area contributed by atoms with Crippen LogP contribution >= 0.6 is 0 Å². The summed E-state index contributed by atoms with van der Waals surface area (Å²) in [6.07, 6.45) is 4.16. The molecule has 6 heteroatoms. The highest BCUT2D eigenvalue weighted by atomic mass is 16.6. The lowest BCUT2D eigenvalue weighted by Crippen LogP contribution is -2.32. The van der Waals surface area contributed by atoms with Crippen molar-refractivity contribution in [2.45, 2.75) is 52.1 Å². The second-order valence-corrected chi connectivity index (χ2v) is 6.02. The van der Waals surface area contributed by atoms with Crippen LogP contribution in [-0.2, 0) is 4.74 Å². The van der Waals surface area contributed by atoms with E-state index in [9.17, 15) is 9.90 Å². The van der Waals surface area contributed by atoms with E-state index in [1.807, 2.05) is 12.1 Å². The molecule has 1 atom stereocenters. The van der Waals surface area contributed by atoms with Crippen molar-refractivity contribution in [3.63, 3.8) is 0 Å². The van der Waals surface area contributed by atoms with Gasteiger partial charge < -0.3 is 19.9 Å². The average molecular weight is 352 g/mol. The zero-order valence-electron chi connectivity index (χ0n) is 15.4. The molecule has 142 valence electrons. The van der Waals surface area contributed by atoms with Gasteiger partial charge in [-0.2, -0.15) is 0 Å². The number of hydrogen-bond acceptors (Lipinski definition) is 5. The molecule has 0 saturated carbocycles. The molecular weight excluding hydrogens is 320 g/mol. The second-order valence-electron chi connectivity index (χ2n) is 6.02. The molecule has 25 heavy (non-hydrogen) atoms. The van der Waals surface area contributed by atoms with E-state index in [0.717, 1.165) is 38.6 Å². The Morgan fingerprint density at radius 1 is 1.20 bits per heavy atom. The summed E-state index contributed by atoms with van der Waals surface area (Å²) < 4.78 is 10.7. The van der Waals surface area contributed by atoms with Crippen molar-refractivity contribution in [2.24, 2.45) is 0 Å². The van der Waals surface area contributed by atoms with Crippen LogP contribution in [0.5, 0.6) is 5.75 Å². The summed E-state index contributed by atoms with van der Waals surface area (Å²) in [6.45, 7) is 6.14. The number of carbonyl (C=O) groups is 1. The zero-order valence-corrected chi connectivity index (χ0v) is 15.4. The summed E-state index contributed by atoms with van der Waals surface area (Å²) in [5, 5.41) is 15.5. The minimum atomic E-state index is -0.712. The van der Waals surface area contributed by atoms with Crippen molar-refractivity contribution in [1.29, 1.82) is 0 Å². The molecule has 1 aromatic carbocycles. The van der Waals surface area contributed by atoms with Crippen molar-refractivity contribution in [1.82, 2.24) is 5.32 Å². The lowest BCUT2D eigenvalue weighted by atomic mass is 10.2. The first kappa shape index (κ1) is 21.3. The van der Waals surface area contributed by atoms with E-state index in [2.05, 4.69) is 24.5 Å². The normalized spacial score (nSPS) is 11.8. The second kappa shape index (κ2) is 13.5. The van der Waals surface area contributed by atoms with E-state index in [-0.39, 0.29) is 6.61 Å². The molecule has 0 aliphatic heterocycles. The highest BCUT2D eigenvalue weighted by molar-refractivity contribution is 5.84.